The van der Waals surface area contributed by atoms with Crippen molar-refractivity contribution >= 4 is 14.6 Å². The molecule has 0 spiro atoms. The molecule has 12 heavy (non-hydrogen) atoms. The summed E-state index contributed by atoms with van der Waals surface area (Å²) >= 11 is 0. The van der Waals surface area contributed by atoms with Crippen molar-refractivity contribution in [1.29, 1.82) is 0 Å². The molecule has 0 rings (SSSR count). The summed E-state index contributed by atoms with van der Waals surface area (Å²) < 4.78 is 9.34. The van der Waals surface area contributed by atoms with Crippen molar-refractivity contribution in [1.82, 2.24) is 0 Å². The maximum Gasteiger partial charge on any atom is 0.322 e. The van der Waals surface area contributed by atoms with Crippen LogP contribution in [0.25, 0.3) is 0 Å². The van der Waals surface area contributed by atoms with Gasteiger partial charge in [0.1, 0.15) is 6.04 Å². The first-order valence-corrected chi connectivity index (χ1v) is 5.16. The van der Waals surface area contributed by atoms with Crippen molar-refractivity contribution in [2.75, 3.05) is 26.7 Å². The van der Waals surface area contributed by atoms with Crippen LogP contribution in [-0.2, 0) is 14.3 Å². The maximum atomic E-state index is 10.8. The monoisotopic (exact) mass is 193 g/mol. The van der Waals surface area contributed by atoms with Gasteiger partial charge < -0.3 is 15.2 Å². The van der Waals surface area contributed by atoms with Crippen molar-refractivity contribution in [2.45, 2.75) is 12.5 Å². The second-order valence-electron chi connectivity index (χ2n) is 2.35. The van der Waals surface area contributed by atoms with Gasteiger partial charge in [0.15, 0.2) is 0 Å². The van der Waals surface area contributed by atoms with Crippen LogP contribution in [0.3, 0.4) is 0 Å². The molecule has 0 fully saturated rings. The number of hydrogen-bond acceptors (Lipinski definition) is 4. The summed E-state index contributed by atoms with van der Waals surface area (Å²) in [7, 11) is 3.72. The van der Waals surface area contributed by atoms with Crippen LogP contribution in [0.5, 0.6) is 0 Å². The topological polar surface area (TPSA) is 61.5 Å². The number of rotatable bonds is 6. The molecule has 0 bridgehead atoms. The van der Waals surface area contributed by atoms with Gasteiger partial charge in [-0.3, -0.25) is 4.79 Å². The predicted molar refractivity (Wildman–Crippen MR) is 49.7 cm³/mol. The van der Waals surface area contributed by atoms with Crippen LogP contribution in [0.2, 0.25) is 0 Å². The Balaban J connectivity index is 3.31. The van der Waals surface area contributed by atoms with Crippen molar-refractivity contribution in [3.05, 3.63) is 0 Å². The van der Waals surface area contributed by atoms with E-state index in [-0.39, 0.29) is 5.97 Å². The molecule has 5 heteroatoms. The Morgan fingerprint density at radius 3 is 2.75 bits per heavy atom. The van der Waals surface area contributed by atoms with Gasteiger partial charge in [-0.25, -0.2) is 0 Å². The molecule has 0 aliphatic heterocycles. The van der Waals surface area contributed by atoms with Gasteiger partial charge in [0.25, 0.3) is 0 Å². The van der Waals surface area contributed by atoms with E-state index in [1.54, 1.807) is 7.11 Å². The summed E-state index contributed by atoms with van der Waals surface area (Å²) in [5.74, 6) is -0.336. The van der Waals surface area contributed by atoms with Gasteiger partial charge in [0.2, 0.25) is 0 Å². The van der Waals surface area contributed by atoms with Crippen LogP contribution in [0, 0.1) is 0 Å². The largest absolute Gasteiger partial charge is 0.468 e. The van der Waals surface area contributed by atoms with Crippen molar-refractivity contribution < 1.29 is 14.3 Å². The first-order chi connectivity index (χ1) is 5.72. The maximum absolute atomic E-state index is 10.8. The predicted octanol–water partition coefficient (Wildman–Crippen LogP) is 0.159. The molecular weight excluding hydrogens is 177 g/mol. The molecule has 4 nitrogen and oxygen atoms in total. The van der Waals surface area contributed by atoms with Crippen LogP contribution >= 0.6 is 8.58 Å². The molecule has 72 valence electrons. The Morgan fingerprint density at radius 1 is 1.58 bits per heavy atom. The summed E-state index contributed by atoms with van der Waals surface area (Å²) in [5.41, 5.74) is 5.50. The van der Waals surface area contributed by atoms with E-state index in [4.69, 9.17) is 10.5 Å². The SMILES string of the molecule is COCPCCC(N)C(=O)OC. The Hall–Kier alpha value is -0.180. The van der Waals surface area contributed by atoms with Gasteiger partial charge in [-0.15, -0.1) is 0 Å². The minimum atomic E-state index is -0.473. The van der Waals surface area contributed by atoms with E-state index in [1.807, 2.05) is 0 Å². The highest BCUT2D eigenvalue weighted by molar-refractivity contribution is 7.37. The molecular formula is C7H16NO3P. The van der Waals surface area contributed by atoms with Gasteiger partial charge in [0, 0.05) is 7.11 Å². The number of esters is 1. The lowest BCUT2D eigenvalue weighted by Crippen LogP contribution is -2.31. The van der Waals surface area contributed by atoms with Crippen molar-refractivity contribution in [3.8, 4) is 0 Å². The van der Waals surface area contributed by atoms with E-state index in [9.17, 15) is 4.79 Å². The number of carbonyl (C=O) groups excluding carboxylic acids is 1. The third-order valence-corrected chi connectivity index (χ3v) is 2.52. The molecule has 0 saturated heterocycles. The molecule has 0 amide bonds. The van der Waals surface area contributed by atoms with E-state index >= 15 is 0 Å². The van der Waals surface area contributed by atoms with Gasteiger partial charge in [-0.05, 0) is 12.6 Å². The van der Waals surface area contributed by atoms with E-state index < -0.39 is 6.04 Å². The molecule has 0 heterocycles. The first kappa shape index (κ1) is 11.8. The Labute approximate surface area is 74.6 Å². The highest BCUT2D eigenvalue weighted by atomic mass is 31.1. The van der Waals surface area contributed by atoms with Gasteiger partial charge in [0.05, 0.1) is 13.5 Å². The summed E-state index contributed by atoms with van der Waals surface area (Å²) in [6, 6.07) is -0.473. The second kappa shape index (κ2) is 7.47. The zero-order valence-corrected chi connectivity index (χ0v) is 8.50. The Morgan fingerprint density at radius 2 is 2.25 bits per heavy atom. The molecule has 0 aliphatic carbocycles. The van der Waals surface area contributed by atoms with E-state index in [2.05, 4.69) is 4.74 Å². The van der Waals surface area contributed by atoms with Gasteiger partial charge >= 0.3 is 5.97 Å². The van der Waals surface area contributed by atoms with Crippen LogP contribution in [0.4, 0.5) is 0 Å². The Kier molecular flexibility index (Phi) is 7.36. The van der Waals surface area contributed by atoms with Gasteiger partial charge in [-0.1, -0.05) is 8.58 Å². The number of carbonyl (C=O) groups is 1. The minimum Gasteiger partial charge on any atom is -0.468 e. The number of methoxy groups -OCH3 is 2. The van der Waals surface area contributed by atoms with Crippen molar-refractivity contribution in [3.63, 3.8) is 0 Å². The minimum absolute atomic E-state index is 0.336. The first-order valence-electron chi connectivity index (χ1n) is 3.75. The fourth-order valence-electron chi connectivity index (χ4n) is 0.701. The van der Waals surface area contributed by atoms with E-state index in [0.717, 1.165) is 12.5 Å². The number of ether oxygens (including phenoxy) is 2. The zero-order valence-electron chi connectivity index (χ0n) is 7.50. The summed E-state index contributed by atoms with van der Waals surface area (Å²) in [5, 5.41) is 0. The molecule has 0 aromatic rings. The lowest BCUT2D eigenvalue weighted by molar-refractivity contribution is -0.142. The summed E-state index contributed by atoms with van der Waals surface area (Å²) in [6.45, 7) is 0. The molecule has 2 unspecified atom stereocenters. The smallest absolute Gasteiger partial charge is 0.322 e. The average Bonchev–Trinajstić information content (AvgIpc) is 2.10. The summed E-state index contributed by atoms with van der Waals surface area (Å²) in [6.07, 6.45) is 2.34. The van der Waals surface area contributed by atoms with E-state index in [0.29, 0.717) is 15.0 Å². The quantitative estimate of drug-likeness (QED) is 0.371. The van der Waals surface area contributed by atoms with Crippen LogP contribution < -0.4 is 5.73 Å². The zero-order chi connectivity index (χ0) is 9.40. The number of nitrogens with two attached hydrogens (primary N) is 1. The molecule has 2 atom stereocenters. The number of hydrogen-bond donors (Lipinski definition) is 1. The Bertz CT molecular complexity index is 132. The molecule has 0 aliphatic rings. The van der Waals surface area contributed by atoms with Crippen molar-refractivity contribution in [2.24, 2.45) is 5.73 Å². The molecule has 2 N–H and O–H groups in total. The highest BCUT2D eigenvalue weighted by Crippen LogP contribution is 2.11. The fraction of sp³-hybridized carbons (Fsp3) is 0.857. The second-order valence-corrected chi connectivity index (χ2v) is 3.64. The molecule has 0 saturated carbocycles. The van der Waals surface area contributed by atoms with Crippen LogP contribution in [-0.4, -0.2) is 38.7 Å². The average molecular weight is 193 g/mol. The third kappa shape index (κ3) is 5.47. The lowest BCUT2D eigenvalue weighted by Gasteiger charge is -2.07. The fourth-order valence-corrected chi connectivity index (χ4v) is 1.56. The highest BCUT2D eigenvalue weighted by Gasteiger charge is 2.11. The lowest BCUT2D eigenvalue weighted by atomic mass is 10.2. The molecule has 0 aromatic heterocycles. The normalized spacial score (nSPS) is 13.6. The summed E-state index contributed by atoms with van der Waals surface area (Å²) in [4.78, 5) is 10.8. The third-order valence-electron chi connectivity index (χ3n) is 1.38. The standard InChI is InChI=1S/C7H16NO3P/c1-10-5-12-4-3-6(8)7(9)11-2/h6,12H,3-5,8H2,1-2H3. The van der Waals surface area contributed by atoms with Crippen LogP contribution in [0.1, 0.15) is 6.42 Å². The molecule has 0 radical (unpaired) electrons. The van der Waals surface area contributed by atoms with Gasteiger partial charge in [-0.2, -0.15) is 0 Å². The van der Waals surface area contributed by atoms with E-state index in [1.165, 1.54) is 7.11 Å². The molecule has 0 aromatic carbocycles. The van der Waals surface area contributed by atoms with Crippen LogP contribution in [0.15, 0.2) is 0 Å².